The Morgan fingerprint density at radius 3 is 2.26 bits per heavy atom. The van der Waals surface area contributed by atoms with Crippen molar-refractivity contribution in [1.82, 2.24) is 10.2 Å². The third kappa shape index (κ3) is 7.13. The fourth-order valence-corrected chi connectivity index (χ4v) is 3.65. The highest BCUT2D eigenvalue weighted by Crippen LogP contribution is 2.21. The molecule has 2 aromatic rings. The van der Waals surface area contributed by atoms with Gasteiger partial charge in [-0.15, -0.1) is 0 Å². The van der Waals surface area contributed by atoms with E-state index in [4.69, 9.17) is 14.2 Å². The second kappa shape index (κ2) is 11.9. The number of rotatable bonds is 8. The lowest BCUT2D eigenvalue weighted by Gasteiger charge is -2.33. The van der Waals surface area contributed by atoms with Gasteiger partial charge in [-0.05, 0) is 81.1 Å². The number of carbonyl (C=O) groups is 3. The third-order valence-electron chi connectivity index (χ3n) is 5.55. The summed E-state index contributed by atoms with van der Waals surface area (Å²) in [5.74, 6) is 0.943. The number of amides is 2. The number of phenols is 1. The Labute approximate surface area is 198 Å². The number of piperidine rings is 1. The zero-order valence-electron chi connectivity index (χ0n) is 19.4. The van der Waals surface area contributed by atoms with Crippen LogP contribution in [-0.2, 0) is 9.53 Å². The first-order valence-corrected chi connectivity index (χ1v) is 11.3. The fraction of sp³-hybridized carbons (Fsp3) is 0.400. The van der Waals surface area contributed by atoms with Crippen LogP contribution in [0.5, 0.6) is 17.2 Å². The van der Waals surface area contributed by atoms with Gasteiger partial charge >= 0.3 is 6.16 Å². The van der Waals surface area contributed by atoms with Crippen molar-refractivity contribution >= 4 is 18.0 Å². The van der Waals surface area contributed by atoms with E-state index in [-0.39, 0.29) is 30.1 Å². The predicted molar refractivity (Wildman–Crippen MR) is 124 cm³/mol. The zero-order chi connectivity index (χ0) is 24.5. The maximum Gasteiger partial charge on any atom is 0.513 e. The van der Waals surface area contributed by atoms with Crippen LogP contribution in [0.25, 0.3) is 0 Å². The molecule has 9 heteroatoms. The minimum Gasteiger partial charge on any atom is -0.508 e. The molecule has 1 atom stereocenters. The summed E-state index contributed by atoms with van der Waals surface area (Å²) >= 11 is 0. The SMILES string of the molecule is CCOC(=O)Oc1ccc(C(=O)NCC2CCN(C(=O)C(C)Oc3ccc(O)cc3)CC2)cc1. The van der Waals surface area contributed by atoms with Gasteiger partial charge < -0.3 is 29.5 Å². The molecule has 0 aliphatic carbocycles. The van der Waals surface area contributed by atoms with Gasteiger partial charge in [0.25, 0.3) is 11.8 Å². The van der Waals surface area contributed by atoms with E-state index >= 15 is 0 Å². The van der Waals surface area contributed by atoms with Gasteiger partial charge in [-0.1, -0.05) is 0 Å². The molecule has 34 heavy (non-hydrogen) atoms. The highest BCUT2D eigenvalue weighted by Gasteiger charge is 2.27. The van der Waals surface area contributed by atoms with Crippen LogP contribution < -0.4 is 14.8 Å². The molecule has 1 heterocycles. The fourth-order valence-electron chi connectivity index (χ4n) is 3.65. The molecule has 2 amide bonds. The molecule has 0 radical (unpaired) electrons. The third-order valence-corrected chi connectivity index (χ3v) is 5.55. The molecule has 0 saturated carbocycles. The van der Waals surface area contributed by atoms with Crippen molar-refractivity contribution in [2.75, 3.05) is 26.2 Å². The van der Waals surface area contributed by atoms with Crippen molar-refractivity contribution in [2.45, 2.75) is 32.8 Å². The maximum atomic E-state index is 12.7. The standard InChI is InChI=1S/C25H30N2O7/c1-3-32-25(31)34-22-8-4-19(5-9-22)23(29)26-16-18-12-14-27(15-13-18)24(30)17(2)33-21-10-6-20(28)7-11-21/h4-11,17-18,28H,3,12-16H2,1-2H3,(H,26,29). The highest BCUT2D eigenvalue weighted by molar-refractivity contribution is 5.94. The van der Waals surface area contributed by atoms with Gasteiger partial charge in [-0.25, -0.2) is 4.79 Å². The molecule has 0 spiro atoms. The number of aromatic hydroxyl groups is 1. The topological polar surface area (TPSA) is 114 Å². The molecular formula is C25H30N2O7. The molecule has 182 valence electrons. The van der Waals surface area contributed by atoms with Crippen LogP contribution in [-0.4, -0.2) is 60.3 Å². The highest BCUT2D eigenvalue weighted by atomic mass is 16.7. The van der Waals surface area contributed by atoms with Gasteiger partial charge in [0, 0.05) is 25.2 Å². The molecule has 0 bridgehead atoms. The van der Waals surface area contributed by atoms with E-state index in [1.54, 1.807) is 43.0 Å². The van der Waals surface area contributed by atoms with E-state index in [0.717, 1.165) is 12.8 Å². The molecule has 0 aromatic heterocycles. The quantitative estimate of drug-likeness (QED) is 0.449. The molecule has 1 aliphatic heterocycles. The number of phenolic OH excluding ortho intramolecular Hbond substituents is 1. The smallest absolute Gasteiger partial charge is 0.508 e. The lowest BCUT2D eigenvalue weighted by Crippen LogP contribution is -2.46. The Balaban J connectivity index is 1.40. The minimum absolute atomic E-state index is 0.0827. The second-order valence-corrected chi connectivity index (χ2v) is 8.04. The molecule has 3 rings (SSSR count). The van der Waals surface area contributed by atoms with Crippen LogP contribution in [0.4, 0.5) is 4.79 Å². The lowest BCUT2D eigenvalue weighted by atomic mass is 9.96. The Morgan fingerprint density at radius 2 is 1.65 bits per heavy atom. The van der Waals surface area contributed by atoms with Crippen molar-refractivity contribution < 1.29 is 33.7 Å². The number of ether oxygens (including phenoxy) is 3. The summed E-state index contributed by atoms with van der Waals surface area (Å²) in [5, 5.41) is 12.3. The Hall–Kier alpha value is -3.75. The molecular weight excluding hydrogens is 440 g/mol. The van der Waals surface area contributed by atoms with Crippen LogP contribution in [0, 0.1) is 5.92 Å². The summed E-state index contributed by atoms with van der Waals surface area (Å²) in [6, 6.07) is 12.5. The van der Waals surface area contributed by atoms with Crippen molar-refractivity contribution in [3.8, 4) is 17.2 Å². The van der Waals surface area contributed by atoms with Crippen molar-refractivity contribution in [2.24, 2.45) is 5.92 Å². The number of benzene rings is 2. The number of carbonyl (C=O) groups excluding carboxylic acids is 3. The largest absolute Gasteiger partial charge is 0.513 e. The first-order chi connectivity index (χ1) is 16.4. The number of hydrogen-bond acceptors (Lipinski definition) is 7. The number of nitrogens with zero attached hydrogens (tertiary/aromatic N) is 1. The van der Waals surface area contributed by atoms with Crippen LogP contribution >= 0.6 is 0 Å². The van der Waals surface area contributed by atoms with Crippen LogP contribution in [0.3, 0.4) is 0 Å². The summed E-state index contributed by atoms with van der Waals surface area (Å²) in [6.07, 6.45) is 0.150. The first kappa shape index (κ1) is 24.9. The number of hydrogen-bond donors (Lipinski definition) is 2. The summed E-state index contributed by atoms with van der Waals surface area (Å²) in [7, 11) is 0. The molecule has 9 nitrogen and oxygen atoms in total. The van der Waals surface area contributed by atoms with Crippen molar-refractivity contribution in [1.29, 1.82) is 0 Å². The van der Waals surface area contributed by atoms with Crippen molar-refractivity contribution in [3.05, 3.63) is 54.1 Å². The molecule has 1 saturated heterocycles. The van der Waals surface area contributed by atoms with E-state index in [9.17, 15) is 19.5 Å². The number of nitrogens with one attached hydrogen (secondary N) is 1. The van der Waals surface area contributed by atoms with E-state index in [0.29, 0.717) is 36.7 Å². The van der Waals surface area contributed by atoms with Crippen LogP contribution in [0.15, 0.2) is 48.5 Å². The van der Waals surface area contributed by atoms with Gasteiger partial charge in [-0.3, -0.25) is 9.59 Å². The predicted octanol–water partition coefficient (Wildman–Crippen LogP) is 3.36. The van der Waals surface area contributed by atoms with Gasteiger partial charge in [-0.2, -0.15) is 0 Å². The van der Waals surface area contributed by atoms with Gasteiger partial charge in [0.05, 0.1) is 6.61 Å². The summed E-state index contributed by atoms with van der Waals surface area (Å²) < 4.78 is 15.4. The monoisotopic (exact) mass is 470 g/mol. The van der Waals surface area contributed by atoms with Crippen molar-refractivity contribution in [3.63, 3.8) is 0 Å². The maximum absolute atomic E-state index is 12.7. The molecule has 1 unspecified atom stereocenters. The average molecular weight is 471 g/mol. The van der Waals surface area contributed by atoms with Gasteiger partial charge in [0.2, 0.25) is 0 Å². The van der Waals surface area contributed by atoms with E-state index in [1.807, 2.05) is 0 Å². The molecule has 2 aromatic carbocycles. The molecule has 2 N–H and O–H groups in total. The summed E-state index contributed by atoms with van der Waals surface area (Å²) in [4.78, 5) is 38.3. The second-order valence-electron chi connectivity index (χ2n) is 8.04. The van der Waals surface area contributed by atoms with Gasteiger partial charge in [0.15, 0.2) is 6.10 Å². The zero-order valence-corrected chi connectivity index (χ0v) is 19.4. The normalized spacial score (nSPS) is 14.7. The summed E-state index contributed by atoms with van der Waals surface area (Å²) in [5.41, 5.74) is 0.462. The molecule has 1 aliphatic rings. The van der Waals surface area contributed by atoms with E-state index in [2.05, 4.69) is 5.32 Å². The lowest BCUT2D eigenvalue weighted by molar-refractivity contribution is -0.139. The van der Waals surface area contributed by atoms with Gasteiger partial charge in [0.1, 0.15) is 17.2 Å². The minimum atomic E-state index is -0.786. The average Bonchev–Trinajstić information content (AvgIpc) is 2.84. The van der Waals surface area contributed by atoms with E-state index < -0.39 is 12.3 Å². The van der Waals surface area contributed by atoms with Crippen LogP contribution in [0.2, 0.25) is 0 Å². The Morgan fingerprint density at radius 1 is 1.03 bits per heavy atom. The first-order valence-electron chi connectivity index (χ1n) is 11.3. The van der Waals surface area contributed by atoms with E-state index in [1.165, 1.54) is 24.3 Å². The Kier molecular flexibility index (Phi) is 8.73. The molecule has 1 fully saturated rings. The summed E-state index contributed by atoms with van der Waals surface area (Å²) in [6.45, 7) is 5.33. The van der Waals surface area contributed by atoms with Crippen LogP contribution in [0.1, 0.15) is 37.0 Å². The number of likely N-dealkylation sites (tertiary alicyclic amines) is 1. The Bertz CT molecular complexity index is 968.